The number of benzene rings is 7. The molecular weight excluding hydrogens is 591 g/mol. The van der Waals surface area contributed by atoms with Gasteiger partial charge in [0.1, 0.15) is 0 Å². The van der Waals surface area contributed by atoms with Crippen molar-refractivity contribution in [2.45, 2.75) is 37.5 Å². The van der Waals surface area contributed by atoms with Gasteiger partial charge in [0.15, 0.2) is 0 Å². The van der Waals surface area contributed by atoms with Gasteiger partial charge in [0.05, 0.1) is 11.0 Å². The lowest BCUT2D eigenvalue weighted by Gasteiger charge is -2.61. The number of para-hydroxylation sites is 1. The first-order chi connectivity index (χ1) is 24.2. The van der Waals surface area contributed by atoms with Gasteiger partial charge in [-0.25, -0.2) is 0 Å². The summed E-state index contributed by atoms with van der Waals surface area (Å²) in [5, 5.41) is 7.80. The van der Waals surface area contributed by atoms with Crippen LogP contribution in [0.15, 0.2) is 140 Å². The first-order valence-electron chi connectivity index (χ1n) is 18.4. The summed E-state index contributed by atoms with van der Waals surface area (Å²) in [6.07, 6.45) is 7.16. The van der Waals surface area contributed by atoms with Crippen LogP contribution < -0.4 is 0 Å². The van der Waals surface area contributed by atoms with Crippen LogP contribution in [-0.4, -0.2) is 4.57 Å². The summed E-state index contributed by atoms with van der Waals surface area (Å²) in [6.45, 7) is 0. The molecule has 13 rings (SSSR count). The lowest BCUT2D eigenvalue weighted by molar-refractivity contribution is -0.0399. The highest BCUT2D eigenvalue weighted by Crippen LogP contribution is 2.69. The van der Waals surface area contributed by atoms with Crippen molar-refractivity contribution in [2.75, 3.05) is 0 Å². The average Bonchev–Trinajstić information content (AvgIpc) is 3.63. The molecule has 0 N–H and O–H groups in total. The Morgan fingerprint density at radius 1 is 0.429 bits per heavy atom. The SMILES string of the molecule is c1ccc2c(c1)-c1ccc(-c3ccc4c(c3)c3ccccc3n4-c3ccc4ccc5ccccc5c4c3)cc1C21C2CC3CC(C2)CC1C3. The van der Waals surface area contributed by atoms with Crippen molar-refractivity contribution in [3.63, 3.8) is 0 Å². The summed E-state index contributed by atoms with van der Waals surface area (Å²) >= 11 is 0. The molecule has 7 aromatic carbocycles. The van der Waals surface area contributed by atoms with E-state index in [0.29, 0.717) is 0 Å². The summed E-state index contributed by atoms with van der Waals surface area (Å²) < 4.78 is 2.47. The average molecular weight is 628 g/mol. The van der Waals surface area contributed by atoms with E-state index in [0.717, 1.165) is 23.7 Å². The summed E-state index contributed by atoms with van der Waals surface area (Å²) in [7, 11) is 0. The molecule has 8 aromatic rings. The molecule has 1 heterocycles. The summed E-state index contributed by atoms with van der Waals surface area (Å²) in [6, 6.07) is 53.3. The molecule has 0 unspecified atom stereocenters. The number of aromatic nitrogens is 1. The van der Waals surface area contributed by atoms with Gasteiger partial charge in [-0.3, -0.25) is 0 Å². The van der Waals surface area contributed by atoms with Crippen LogP contribution in [0.25, 0.3) is 71.3 Å². The van der Waals surface area contributed by atoms with Gasteiger partial charge in [-0.15, -0.1) is 0 Å². The molecule has 0 aliphatic heterocycles. The van der Waals surface area contributed by atoms with Gasteiger partial charge in [0.25, 0.3) is 0 Å². The largest absolute Gasteiger partial charge is 0.309 e. The van der Waals surface area contributed by atoms with Crippen molar-refractivity contribution in [1.82, 2.24) is 4.57 Å². The van der Waals surface area contributed by atoms with Gasteiger partial charge in [-0.05, 0) is 147 Å². The van der Waals surface area contributed by atoms with Crippen LogP contribution >= 0.6 is 0 Å². The fourth-order valence-electron chi connectivity index (χ4n) is 11.9. The van der Waals surface area contributed by atoms with E-state index in [-0.39, 0.29) is 5.41 Å². The van der Waals surface area contributed by atoms with E-state index in [4.69, 9.17) is 0 Å². The topological polar surface area (TPSA) is 4.93 Å². The van der Waals surface area contributed by atoms with E-state index in [1.807, 2.05) is 0 Å². The van der Waals surface area contributed by atoms with E-state index >= 15 is 0 Å². The van der Waals surface area contributed by atoms with Crippen molar-refractivity contribution in [3.05, 3.63) is 151 Å². The summed E-state index contributed by atoms with van der Waals surface area (Å²) in [5.74, 6) is 3.46. The van der Waals surface area contributed by atoms with Crippen LogP contribution in [0.4, 0.5) is 0 Å². The first kappa shape index (κ1) is 26.8. The number of nitrogens with zero attached hydrogens (tertiary/aromatic N) is 1. The summed E-state index contributed by atoms with van der Waals surface area (Å²) in [4.78, 5) is 0. The smallest absolute Gasteiger partial charge is 0.0541 e. The first-order valence-corrected chi connectivity index (χ1v) is 18.4. The van der Waals surface area contributed by atoms with Crippen LogP contribution in [-0.2, 0) is 5.41 Å². The standard InChI is InChI=1S/C48H37N/c1-2-8-38-31(7-1)13-14-32-15-18-37(28-42(32)38)49-46-12-6-4-10-41(46)43-26-33(17-20-47(43)49)34-16-19-40-39-9-3-5-11-44(39)48(45(40)27-34)35-22-29-21-30(24-35)25-36(48)23-29/h1-20,26-30,35-36H,21-25H2. The van der Waals surface area contributed by atoms with Crippen LogP contribution in [0.1, 0.15) is 43.2 Å². The second-order valence-electron chi connectivity index (χ2n) is 15.8. The second-order valence-corrected chi connectivity index (χ2v) is 15.8. The molecule has 234 valence electrons. The van der Waals surface area contributed by atoms with E-state index in [1.165, 1.54) is 103 Å². The zero-order chi connectivity index (χ0) is 31.8. The minimum Gasteiger partial charge on any atom is -0.309 e. The Kier molecular flexibility index (Phi) is 5.20. The van der Waals surface area contributed by atoms with Gasteiger partial charge < -0.3 is 4.57 Å². The number of fused-ring (bicyclic) bond motifs is 9. The van der Waals surface area contributed by atoms with Gasteiger partial charge in [0.2, 0.25) is 0 Å². The minimum absolute atomic E-state index is 0.190. The molecule has 49 heavy (non-hydrogen) atoms. The quantitative estimate of drug-likeness (QED) is 0.168. The Labute approximate surface area is 286 Å². The van der Waals surface area contributed by atoms with Crippen LogP contribution in [0.3, 0.4) is 0 Å². The lowest BCUT2D eigenvalue weighted by Crippen LogP contribution is -2.55. The van der Waals surface area contributed by atoms with E-state index in [1.54, 1.807) is 11.1 Å². The molecule has 4 saturated carbocycles. The molecule has 0 atom stereocenters. The van der Waals surface area contributed by atoms with Gasteiger partial charge in [-0.2, -0.15) is 0 Å². The fourth-order valence-corrected chi connectivity index (χ4v) is 11.9. The Morgan fingerprint density at radius 2 is 1.06 bits per heavy atom. The fraction of sp³-hybridized carbons (Fsp3) is 0.208. The van der Waals surface area contributed by atoms with Crippen LogP contribution in [0, 0.1) is 23.7 Å². The highest BCUT2D eigenvalue weighted by Gasteiger charge is 2.61. The predicted octanol–water partition coefficient (Wildman–Crippen LogP) is 12.5. The van der Waals surface area contributed by atoms with E-state index < -0.39 is 0 Å². The third-order valence-electron chi connectivity index (χ3n) is 13.5. The number of rotatable bonds is 2. The van der Waals surface area contributed by atoms with Crippen LogP contribution in [0.2, 0.25) is 0 Å². The van der Waals surface area contributed by atoms with Crippen molar-refractivity contribution < 1.29 is 0 Å². The Hall–Kier alpha value is -5.14. The molecular formula is C48H37N. The van der Waals surface area contributed by atoms with Gasteiger partial charge in [-0.1, -0.05) is 103 Å². The summed E-state index contributed by atoms with van der Waals surface area (Å²) in [5.41, 5.74) is 12.8. The number of hydrogen-bond donors (Lipinski definition) is 0. The van der Waals surface area contributed by atoms with Crippen LogP contribution in [0.5, 0.6) is 0 Å². The molecule has 1 spiro atoms. The highest BCUT2D eigenvalue weighted by atomic mass is 15.0. The molecule has 0 radical (unpaired) electrons. The monoisotopic (exact) mass is 627 g/mol. The Balaban J connectivity index is 1.04. The lowest BCUT2D eigenvalue weighted by atomic mass is 9.43. The molecule has 1 nitrogen and oxygen atoms in total. The Bertz CT molecular complexity index is 2660. The van der Waals surface area contributed by atoms with Crippen molar-refractivity contribution >= 4 is 43.4 Å². The Morgan fingerprint density at radius 3 is 1.92 bits per heavy atom. The maximum absolute atomic E-state index is 2.63. The molecule has 5 aliphatic carbocycles. The molecule has 1 heteroatoms. The highest BCUT2D eigenvalue weighted by molar-refractivity contribution is 6.12. The second kappa shape index (κ2) is 9.51. The molecule has 0 saturated heterocycles. The van der Waals surface area contributed by atoms with Crippen molar-refractivity contribution in [1.29, 1.82) is 0 Å². The maximum Gasteiger partial charge on any atom is 0.0541 e. The van der Waals surface area contributed by atoms with Crippen molar-refractivity contribution in [3.8, 4) is 27.9 Å². The van der Waals surface area contributed by atoms with E-state index in [9.17, 15) is 0 Å². The van der Waals surface area contributed by atoms with E-state index in [2.05, 4.69) is 144 Å². The van der Waals surface area contributed by atoms with Gasteiger partial charge >= 0.3 is 0 Å². The zero-order valence-electron chi connectivity index (χ0n) is 27.6. The third-order valence-corrected chi connectivity index (χ3v) is 13.5. The third kappa shape index (κ3) is 3.46. The molecule has 1 aromatic heterocycles. The molecule has 4 fully saturated rings. The number of hydrogen-bond acceptors (Lipinski definition) is 0. The van der Waals surface area contributed by atoms with Crippen molar-refractivity contribution in [2.24, 2.45) is 23.7 Å². The maximum atomic E-state index is 2.63. The predicted molar refractivity (Wildman–Crippen MR) is 204 cm³/mol. The molecule has 4 bridgehead atoms. The normalized spacial score (nSPS) is 24.8. The minimum atomic E-state index is 0.190. The molecule has 0 amide bonds. The zero-order valence-corrected chi connectivity index (χ0v) is 27.6. The van der Waals surface area contributed by atoms with Gasteiger partial charge in [0, 0.05) is 21.9 Å². The molecule has 5 aliphatic rings.